The van der Waals surface area contributed by atoms with Crippen LogP contribution < -0.4 is 0 Å². The topological polar surface area (TPSA) is 20.3 Å². The van der Waals surface area contributed by atoms with Gasteiger partial charge in [0.15, 0.2) is 0 Å². The summed E-state index contributed by atoms with van der Waals surface area (Å²) in [7, 11) is 0. The monoisotopic (exact) mass is 209 g/mol. The second kappa shape index (κ2) is 4.77. The summed E-state index contributed by atoms with van der Waals surface area (Å²) in [5.74, 6) is 0.0529. The molecule has 0 N–H and O–H groups in total. The van der Waals surface area contributed by atoms with Gasteiger partial charge < -0.3 is 9.69 Å². The minimum atomic E-state index is -4.07. The lowest BCUT2D eigenvalue weighted by Gasteiger charge is -2.29. The van der Waals surface area contributed by atoms with Gasteiger partial charge in [-0.1, -0.05) is 0 Å². The van der Waals surface area contributed by atoms with Gasteiger partial charge >= 0.3 is 6.18 Å². The third kappa shape index (κ3) is 4.09. The lowest BCUT2D eigenvalue weighted by molar-refractivity contribution is -0.139. The molecular formula is C9H14F3NO. The molecule has 0 aliphatic carbocycles. The quantitative estimate of drug-likeness (QED) is 0.661. The maximum atomic E-state index is 11.9. The fourth-order valence-electron chi connectivity index (χ4n) is 1.60. The molecular weight excluding hydrogens is 195 g/mol. The Morgan fingerprint density at radius 1 is 1.29 bits per heavy atom. The number of halogens is 3. The molecule has 82 valence electrons. The summed E-state index contributed by atoms with van der Waals surface area (Å²) in [4.78, 5) is 12.2. The predicted molar refractivity (Wildman–Crippen MR) is 45.9 cm³/mol. The largest absolute Gasteiger partial charge is 0.390 e. The van der Waals surface area contributed by atoms with Crippen LogP contribution in [-0.4, -0.2) is 37.0 Å². The Morgan fingerprint density at radius 2 is 1.86 bits per heavy atom. The van der Waals surface area contributed by atoms with Crippen LogP contribution in [0.25, 0.3) is 0 Å². The highest BCUT2D eigenvalue weighted by Gasteiger charge is 2.28. The van der Waals surface area contributed by atoms with Gasteiger partial charge in [-0.3, -0.25) is 0 Å². The van der Waals surface area contributed by atoms with Crippen molar-refractivity contribution >= 4 is 6.29 Å². The average Bonchev–Trinajstić information content (AvgIpc) is 2.14. The summed E-state index contributed by atoms with van der Waals surface area (Å²) < 4.78 is 35.6. The lowest BCUT2D eigenvalue weighted by Crippen LogP contribution is -2.36. The Kier molecular flexibility index (Phi) is 3.92. The van der Waals surface area contributed by atoms with E-state index in [0.717, 1.165) is 6.29 Å². The van der Waals surface area contributed by atoms with E-state index in [-0.39, 0.29) is 12.5 Å². The van der Waals surface area contributed by atoms with Gasteiger partial charge in [-0.25, -0.2) is 0 Å². The Labute approximate surface area is 81.1 Å². The molecule has 0 aromatic heterocycles. The molecule has 1 saturated heterocycles. The van der Waals surface area contributed by atoms with Crippen molar-refractivity contribution in [2.24, 2.45) is 5.92 Å². The van der Waals surface area contributed by atoms with E-state index in [1.807, 2.05) is 0 Å². The highest BCUT2D eigenvalue weighted by molar-refractivity contribution is 5.53. The number of hydrogen-bond donors (Lipinski definition) is 0. The van der Waals surface area contributed by atoms with Crippen molar-refractivity contribution in [3.8, 4) is 0 Å². The van der Waals surface area contributed by atoms with Crippen LogP contribution >= 0.6 is 0 Å². The molecule has 0 aromatic rings. The van der Waals surface area contributed by atoms with Crippen LogP contribution in [0.2, 0.25) is 0 Å². The summed E-state index contributed by atoms with van der Waals surface area (Å²) in [6.07, 6.45) is -2.52. The normalized spacial score (nSPS) is 21.1. The molecule has 0 amide bonds. The first-order valence-corrected chi connectivity index (χ1v) is 4.75. The summed E-state index contributed by atoms with van der Waals surface area (Å²) in [5.41, 5.74) is 0. The van der Waals surface area contributed by atoms with Gasteiger partial charge in [-0.05, 0) is 25.9 Å². The van der Waals surface area contributed by atoms with E-state index in [0.29, 0.717) is 25.9 Å². The van der Waals surface area contributed by atoms with Crippen LogP contribution in [0.4, 0.5) is 13.2 Å². The molecule has 0 bridgehead atoms. The van der Waals surface area contributed by atoms with Gasteiger partial charge in [0.05, 0.1) is 6.42 Å². The Bertz CT molecular complexity index is 185. The van der Waals surface area contributed by atoms with Crippen molar-refractivity contribution in [3.05, 3.63) is 0 Å². The van der Waals surface area contributed by atoms with Crippen molar-refractivity contribution < 1.29 is 18.0 Å². The highest BCUT2D eigenvalue weighted by Crippen LogP contribution is 2.22. The standard InChI is InChI=1S/C9H14F3NO/c10-9(11,12)3-6-13-4-1-8(7-14)2-5-13/h7-8H,1-6H2. The van der Waals surface area contributed by atoms with Crippen molar-refractivity contribution in [1.82, 2.24) is 4.90 Å². The molecule has 0 radical (unpaired) electrons. The summed E-state index contributed by atoms with van der Waals surface area (Å²) in [6.45, 7) is 1.29. The van der Waals surface area contributed by atoms with Crippen molar-refractivity contribution in [3.63, 3.8) is 0 Å². The zero-order valence-electron chi connectivity index (χ0n) is 7.89. The summed E-state index contributed by atoms with van der Waals surface area (Å²) in [6, 6.07) is 0. The number of rotatable bonds is 3. The Balaban J connectivity index is 2.19. The van der Waals surface area contributed by atoms with Crippen LogP contribution in [0.5, 0.6) is 0 Å². The highest BCUT2D eigenvalue weighted by atomic mass is 19.4. The number of nitrogens with zero attached hydrogens (tertiary/aromatic N) is 1. The molecule has 1 fully saturated rings. The first-order valence-electron chi connectivity index (χ1n) is 4.75. The van der Waals surface area contributed by atoms with Crippen molar-refractivity contribution in [2.45, 2.75) is 25.4 Å². The maximum Gasteiger partial charge on any atom is 0.390 e. The second-order valence-electron chi connectivity index (χ2n) is 3.68. The smallest absolute Gasteiger partial charge is 0.303 e. The molecule has 5 heteroatoms. The summed E-state index contributed by atoms with van der Waals surface area (Å²) >= 11 is 0. The number of likely N-dealkylation sites (tertiary alicyclic amines) is 1. The van der Waals surface area contributed by atoms with E-state index in [4.69, 9.17) is 0 Å². The maximum absolute atomic E-state index is 11.9. The van der Waals surface area contributed by atoms with Gasteiger partial charge in [0.1, 0.15) is 6.29 Å². The van der Waals surface area contributed by atoms with E-state index in [1.54, 1.807) is 4.90 Å². The molecule has 1 aliphatic rings. The molecule has 0 spiro atoms. The average molecular weight is 209 g/mol. The second-order valence-corrected chi connectivity index (χ2v) is 3.68. The molecule has 1 heterocycles. The zero-order chi connectivity index (χ0) is 10.6. The molecule has 14 heavy (non-hydrogen) atoms. The Hall–Kier alpha value is -0.580. The third-order valence-electron chi connectivity index (χ3n) is 2.54. The molecule has 1 rings (SSSR count). The van der Waals surface area contributed by atoms with Gasteiger partial charge in [-0.2, -0.15) is 13.2 Å². The minimum absolute atomic E-state index is 0.0529. The fourth-order valence-corrected chi connectivity index (χ4v) is 1.60. The number of alkyl halides is 3. The van der Waals surface area contributed by atoms with Crippen molar-refractivity contribution in [1.29, 1.82) is 0 Å². The van der Waals surface area contributed by atoms with Gasteiger partial charge in [0.2, 0.25) is 0 Å². The first-order chi connectivity index (χ1) is 6.51. The zero-order valence-corrected chi connectivity index (χ0v) is 7.89. The predicted octanol–water partition coefficient (Wildman–Crippen LogP) is 1.85. The molecule has 2 nitrogen and oxygen atoms in total. The molecule has 0 atom stereocenters. The number of hydrogen-bond acceptors (Lipinski definition) is 2. The Morgan fingerprint density at radius 3 is 2.29 bits per heavy atom. The number of aldehydes is 1. The van der Waals surface area contributed by atoms with Crippen LogP contribution in [0.15, 0.2) is 0 Å². The van der Waals surface area contributed by atoms with Crippen LogP contribution in [0, 0.1) is 5.92 Å². The number of carbonyl (C=O) groups excluding carboxylic acids is 1. The number of piperidine rings is 1. The molecule has 0 saturated carbocycles. The third-order valence-corrected chi connectivity index (χ3v) is 2.54. The molecule has 0 aromatic carbocycles. The van der Waals surface area contributed by atoms with E-state index >= 15 is 0 Å². The number of carbonyl (C=O) groups is 1. The van der Waals surface area contributed by atoms with E-state index < -0.39 is 12.6 Å². The van der Waals surface area contributed by atoms with Gasteiger partial charge in [0, 0.05) is 12.5 Å². The van der Waals surface area contributed by atoms with Crippen LogP contribution in [0.3, 0.4) is 0 Å². The van der Waals surface area contributed by atoms with Gasteiger partial charge in [-0.15, -0.1) is 0 Å². The van der Waals surface area contributed by atoms with Crippen LogP contribution in [-0.2, 0) is 4.79 Å². The van der Waals surface area contributed by atoms with Crippen molar-refractivity contribution in [2.75, 3.05) is 19.6 Å². The van der Waals surface area contributed by atoms with E-state index in [1.165, 1.54) is 0 Å². The summed E-state index contributed by atoms with van der Waals surface area (Å²) in [5, 5.41) is 0. The van der Waals surface area contributed by atoms with Gasteiger partial charge in [0.25, 0.3) is 0 Å². The minimum Gasteiger partial charge on any atom is -0.303 e. The first kappa shape index (κ1) is 11.5. The van der Waals surface area contributed by atoms with E-state index in [9.17, 15) is 18.0 Å². The fraction of sp³-hybridized carbons (Fsp3) is 0.889. The molecule has 1 aliphatic heterocycles. The van der Waals surface area contributed by atoms with Crippen LogP contribution in [0.1, 0.15) is 19.3 Å². The SMILES string of the molecule is O=CC1CCN(CCC(F)(F)F)CC1. The lowest BCUT2D eigenvalue weighted by atomic mass is 9.98. The van der Waals surface area contributed by atoms with E-state index in [2.05, 4.69) is 0 Å². The molecule has 0 unspecified atom stereocenters.